The highest BCUT2D eigenvalue weighted by Crippen LogP contribution is 3.49. The van der Waals surface area contributed by atoms with Crippen LogP contribution >= 0.6 is 46.3 Å². The molecule has 6 unspecified atom stereocenters. The van der Waals surface area contributed by atoms with Crippen molar-refractivity contribution in [2.24, 2.45) is 21.7 Å². The van der Waals surface area contributed by atoms with Gasteiger partial charge in [0.15, 0.2) is 0 Å². The van der Waals surface area contributed by atoms with Crippen LogP contribution in [0.2, 0.25) is 0 Å². The lowest BCUT2D eigenvalue weighted by molar-refractivity contribution is 0.322. The molecule has 0 N–H and O–H groups in total. The first-order valence-corrected chi connectivity index (χ1v) is 27.1. The van der Waals surface area contributed by atoms with Gasteiger partial charge in [0.2, 0.25) is 0 Å². The van der Waals surface area contributed by atoms with Gasteiger partial charge in [-0.1, -0.05) is 175 Å². The number of rotatable bonds is 8. The number of hydrogen-bond donors (Lipinski definition) is 0. The minimum Gasteiger partial charge on any atom is -0.0622 e. The van der Waals surface area contributed by atoms with Gasteiger partial charge in [0, 0.05) is 18.6 Å². The molecule has 7 rings (SSSR count). The van der Waals surface area contributed by atoms with Crippen LogP contribution in [0.3, 0.4) is 0 Å². The van der Waals surface area contributed by atoms with Crippen LogP contribution in [-0.4, -0.2) is 30.9 Å². The molecule has 2 aromatic carbocycles. The van der Waals surface area contributed by atoms with Crippen LogP contribution in [0.25, 0.3) is 0 Å². The first kappa shape index (κ1) is 33.5. The van der Waals surface area contributed by atoms with E-state index in [0.29, 0.717) is 21.7 Å². The maximum absolute atomic E-state index is 2.77. The lowest BCUT2D eigenvalue weighted by Crippen LogP contribution is -2.72. The molecule has 0 saturated carbocycles. The molecule has 0 amide bonds. The molecule has 5 fully saturated rings. The van der Waals surface area contributed by atoms with E-state index in [1.54, 1.807) is 23.5 Å². The summed E-state index contributed by atoms with van der Waals surface area (Å²) in [6, 6.07) is 23.0. The van der Waals surface area contributed by atoms with E-state index < -0.39 is 0 Å². The molecular weight excluding hydrogens is 642 g/mol. The van der Waals surface area contributed by atoms with Gasteiger partial charge in [-0.25, -0.2) is 0 Å². The standard InChI is InChI=1S/C38H58P6/c1-31(2,3)35-39(27-19-25-29-21-15-13-16-22-29)44-36(32(4,5)6)40(28-20-26-30-23-17-14-18-24-30)43(35)37(33(7,8)9)41(35)38(44,42(36)37)34(10,11)12/h13-18,21-24H,19-20,25-28H2,1-12H3. The lowest BCUT2D eigenvalue weighted by Gasteiger charge is -2.90. The fourth-order valence-corrected chi connectivity index (χ4v) is 90.8. The van der Waals surface area contributed by atoms with E-state index in [9.17, 15) is 0 Å². The highest BCUT2D eigenvalue weighted by Gasteiger charge is 3.12. The van der Waals surface area contributed by atoms with Gasteiger partial charge >= 0.3 is 0 Å². The summed E-state index contributed by atoms with van der Waals surface area (Å²) in [6.07, 6.45) is 8.55. The van der Waals surface area contributed by atoms with Gasteiger partial charge in [-0.2, -0.15) is 0 Å². The summed E-state index contributed by atoms with van der Waals surface area (Å²) in [7, 11) is 0.293. The average Bonchev–Trinajstić information content (AvgIpc) is 3.09. The van der Waals surface area contributed by atoms with Crippen LogP contribution in [0.4, 0.5) is 0 Å². The Morgan fingerprint density at radius 2 is 0.727 bits per heavy atom. The van der Waals surface area contributed by atoms with Crippen LogP contribution in [0.15, 0.2) is 60.7 Å². The fraction of sp³-hybridized carbons (Fsp3) is 0.684. The van der Waals surface area contributed by atoms with E-state index in [2.05, 4.69) is 144 Å². The van der Waals surface area contributed by atoms with Gasteiger partial charge in [-0.15, -0.1) is 0 Å². The molecule has 0 nitrogen and oxygen atoms in total. The Bertz CT molecular complexity index is 1290. The van der Waals surface area contributed by atoms with Crippen LogP contribution in [0.5, 0.6) is 0 Å². The maximum atomic E-state index is 2.77. The zero-order valence-electron chi connectivity index (χ0n) is 29.7. The Kier molecular flexibility index (Phi) is 7.83. The molecule has 5 aliphatic rings. The number of fused-ring (bicyclic) bond motifs is 2. The van der Waals surface area contributed by atoms with E-state index in [1.165, 1.54) is 25.7 Å². The van der Waals surface area contributed by atoms with Gasteiger partial charge in [-0.05, 0) is 86.0 Å². The van der Waals surface area contributed by atoms with Crippen molar-refractivity contribution in [3.8, 4) is 0 Å². The summed E-state index contributed by atoms with van der Waals surface area (Å²) < 4.78 is 2.93. The summed E-state index contributed by atoms with van der Waals surface area (Å²) in [5, 5.41) is 0. The van der Waals surface area contributed by atoms with Crippen LogP contribution in [0.1, 0.15) is 107 Å². The molecule has 0 radical (unpaired) electrons. The third kappa shape index (κ3) is 3.61. The molecule has 6 atom stereocenters. The van der Waals surface area contributed by atoms with Crippen molar-refractivity contribution >= 4 is 46.3 Å². The predicted octanol–water partition coefficient (Wildman–Crippen LogP) is 14.8. The Morgan fingerprint density at radius 3 is 1.00 bits per heavy atom. The Labute approximate surface area is 278 Å². The van der Waals surface area contributed by atoms with Gasteiger partial charge in [0.05, 0.1) is 0 Å². The van der Waals surface area contributed by atoms with Crippen LogP contribution in [-0.2, 0) is 12.8 Å². The number of benzene rings is 2. The highest BCUT2D eigenvalue weighted by atomic mass is 32.1. The molecule has 2 aromatic rings. The molecule has 240 valence electrons. The molecule has 5 heterocycles. The summed E-state index contributed by atoms with van der Waals surface area (Å²) in [4.78, 5) is 0. The van der Waals surface area contributed by atoms with Gasteiger partial charge < -0.3 is 0 Å². The smallest absolute Gasteiger partial charge is 0.0465 e. The van der Waals surface area contributed by atoms with Crippen molar-refractivity contribution in [3.63, 3.8) is 0 Å². The average molecular weight is 701 g/mol. The van der Waals surface area contributed by atoms with E-state index >= 15 is 0 Å². The second-order valence-electron chi connectivity index (χ2n) is 18.3. The summed E-state index contributed by atoms with van der Waals surface area (Å²) >= 11 is 0. The number of aryl methyl sites for hydroxylation is 2. The van der Waals surface area contributed by atoms with Crippen molar-refractivity contribution < 1.29 is 0 Å². The Hall–Kier alpha value is 1.02. The van der Waals surface area contributed by atoms with Crippen molar-refractivity contribution in [1.82, 2.24) is 0 Å². The molecule has 44 heavy (non-hydrogen) atoms. The molecule has 0 aliphatic carbocycles. The second-order valence-corrected chi connectivity index (χ2v) is 40.9. The summed E-state index contributed by atoms with van der Waals surface area (Å²) in [5.74, 6) is 0. The molecule has 0 bridgehead atoms. The van der Waals surface area contributed by atoms with Crippen molar-refractivity contribution in [3.05, 3.63) is 71.8 Å². The zero-order valence-corrected chi connectivity index (χ0v) is 35.1. The predicted molar refractivity (Wildman–Crippen MR) is 210 cm³/mol. The SMILES string of the molecule is CC(C)(C)C12P(CCCc3ccccc3)P3C4(C(C)(C)C)P(CCCc5ccccc5)P1C1(C(C)(C)C)P2C3(C(C)(C)C)P41. The highest BCUT2D eigenvalue weighted by molar-refractivity contribution is 8.71. The third-order valence-corrected chi connectivity index (χ3v) is 59.7. The second kappa shape index (κ2) is 10.3. The quantitative estimate of drug-likeness (QED) is 0.241. The van der Waals surface area contributed by atoms with E-state index in [4.69, 9.17) is 0 Å². The van der Waals surface area contributed by atoms with Gasteiger partial charge in [0.25, 0.3) is 0 Å². The van der Waals surface area contributed by atoms with Crippen molar-refractivity contribution in [1.29, 1.82) is 0 Å². The minimum absolute atomic E-state index is 0.0430. The van der Waals surface area contributed by atoms with E-state index in [1.807, 2.05) is 0 Å². The van der Waals surface area contributed by atoms with E-state index in [0.717, 1.165) is 18.6 Å². The molecule has 6 heteroatoms. The first-order valence-electron chi connectivity index (χ1n) is 17.2. The van der Waals surface area contributed by atoms with Crippen molar-refractivity contribution in [2.45, 2.75) is 127 Å². The summed E-state index contributed by atoms with van der Waals surface area (Å²) in [5.41, 5.74) is 4.95. The summed E-state index contributed by atoms with van der Waals surface area (Å²) in [6.45, 7) is 33.1. The molecular formula is C38H58P6. The first-order chi connectivity index (χ1) is 20.4. The van der Waals surface area contributed by atoms with Gasteiger partial charge in [-0.3, -0.25) is 0 Å². The monoisotopic (exact) mass is 700 g/mol. The third-order valence-electron chi connectivity index (χ3n) is 11.6. The Morgan fingerprint density at radius 1 is 0.432 bits per heavy atom. The normalized spacial score (nSPS) is 41.6. The number of hydrogen-bond acceptors (Lipinski definition) is 0. The molecule has 5 saturated heterocycles. The van der Waals surface area contributed by atoms with E-state index in [-0.39, 0.29) is 46.3 Å². The Balaban J connectivity index is 1.38. The zero-order chi connectivity index (χ0) is 31.9. The largest absolute Gasteiger partial charge is 0.0622 e. The minimum atomic E-state index is 0.0430. The topological polar surface area (TPSA) is 0 Å². The molecule has 0 aromatic heterocycles. The maximum Gasteiger partial charge on any atom is 0.0465 e. The fourth-order valence-electron chi connectivity index (χ4n) is 10.5. The van der Waals surface area contributed by atoms with Crippen LogP contribution in [0, 0.1) is 21.7 Å². The molecule has 5 aliphatic heterocycles. The van der Waals surface area contributed by atoms with Gasteiger partial charge in [0.1, 0.15) is 0 Å². The van der Waals surface area contributed by atoms with Crippen molar-refractivity contribution in [2.75, 3.05) is 12.3 Å². The van der Waals surface area contributed by atoms with Crippen LogP contribution < -0.4 is 0 Å². The lowest BCUT2D eigenvalue weighted by atomic mass is 9.97. The molecule has 0 spiro atoms.